The zero-order valence-corrected chi connectivity index (χ0v) is 14.3. The van der Waals surface area contributed by atoms with E-state index in [2.05, 4.69) is 38.3 Å². The molecule has 2 aromatic heterocycles. The van der Waals surface area contributed by atoms with Crippen molar-refractivity contribution in [1.29, 1.82) is 0 Å². The Morgan fingerprint density at radius 2 is 2.39 bits per heavy atom. The van der Waals surface area contributed by atoms with Crippen molar-refractivity contribution in [2.45, 2.75) is 38.0 Å². The van der Waals surface area contributed by atoms with Gasteiger partial charge in [-0.2, -0.15) is 0 Å². The topological polar surface area (TPSA) is 81.4 Å². The van der Waals surface area contributed by atoms with Crippen molar-refractivity contribution in [1.82, 2.24) is 14.5 Å². The Bertz CT molecular complexity index is 711. The van der Waals surface area contributed by atoms with Gasteiger partial charge in [0, 0.05) is 12.7 Å². The zero-order chi connectivity index (χ0) is 15.8. The number of hydrogen-bond donors (Lipinski definition) is 3. The van der Waals surface area contributed by atoms with Crippen molar-refractivity contribution in [3.05, 3.63) is 18.1 Å². The summed E-state index contributed by atoms with van der Waals surface area (Å²) in [6.07, 6.45) is 7.59. The molecule has 3 atom stereocenters. The molecule has 7 nitrogen and oxygen atoms in total. The highest BCUT2D eigenvalue weighted by molar-refractivity contribution is 8.41. The van der Waals surface area contributed by atoms with Gasteiger partial charge >= 0.3 is 0 Å². The van der Waals surface area contributed by atoms with Crippen molar-refractivity contribution < 1.29 is 14.2 Å². The number of anilines is 1. The largest absolute Gasteiger partial charge is 0.369 e. The Balaban J connectivity index is 1.61. The first-order valence-corrected chi connectivity index (χ1v) is 10.1. The van der Waals surface area contributed by atoms with Crippen molar-refractivity contribution in [2.24, 2.45) is 0 Å². The average Bonchev–Trinajstić information content (AvgIpc) is 3.08. The second-order valence-electron chi connectivity index (χ2n) is 5.85. The van der Waals surface area contributed by atoms with E-state index in [1.54, 1.807) is 6.33 Å². The van der Waals surface area contributed by atoms with Gasteiger partial charge in [0.1, 0.15) is 24.0 Å². The smallest absolute Gasteiger partial charge is 0.232 e. The standard InChI is InChI=1S/C14H19N4O3PS/c19-22(23)20-7-10-3-4-11(21-10)18-6-9-2-1-5-15-13-12(9)14(18)17-8-16-13/h6,8,10-11,19,23H,1-5,7H2,(H,15,16,17). The molecule has 0 aromatic carbocycles. The van der Waals surface area contributed by atoms with Crippen LogP contribution in [-0.4, -0.2) is 38.7 Å². The molecule has 3 unspecified atom stereocenters. The summed E-state index contributed by atoms with van der Waals surface area (Å²) in [6, 6.07) is 0. The number of aryl methyl sites for hydroxylation is 1. The number of aromatic nitrogens is 3. The van der Waals surface area contributed by atoms with Crippen LogP contribution in [0.3, 0.4) is 0 Å². The minimum atomic E-state index is -1.63. The molecule has 0 bridgehead atoms. The van der Waals surface area contributed by atoms with Crippen LogP contribution in [0.2, 0.25) is 0 Å². The van der Waals surface area contributed by atoms with Gasteiger partial charge in [0.05, 0.1) is 18.1 Å². The lowest BCUT2D eigenvalue weighted by Gasteiger charge is -2.16. The van der Waals surface area contributed by atoms with E-state index >= 15 is 0 Å². The minimum absolute atomic E-state index is 0.0162. The average molecular weight is 354 g/mol. The number of ether oxygens (including phenoxy) is 1. The maximum atomic E-state index is 9.16. The summed E-state index contributed by atoms with van der Waals surface area (Å²) in [5.41, 5.74) is 2.20. The molecule has 23 heavy (non-hydrogen) atoms. The Morgan fingerprint density at radius 1 is 1.48 bits per heavy atom. The molecule has 1 saturated heterocycles. The van der Waals surface area contributed by atoms with Crippen molar-refractivity contribution in [3.8, 4) is 0 Å². The predicted molar refractivity (Wildman–Crippen MR) is 91.6 cm³/mol. The molecule has 2 aromatic rings. The molecule has 9 heteroatoms. The summed E-state index contributed by atoms with van der Waals surface area (Å²) >= 11 is 3.87. The molecule has 0 amide bonds. The first kappa shape index (κ1) is 15.6. The first-order chi connectivity index (χ1) is 11.2. The summed E-state index contributed by atoms with van der Waals surface area (Å²) in [4.78, 5) is 18.0. The van der Waals surface area contributed by atoms with Gasteiger partial charge in [-0.1, -0.05) is 12.2 Å². The van der Waals surface area contributed by atoms with Crippen LogP contribution in [-0.2, 0) is 15.7 Å². The predicted octanol–water partition coefficient (Wildman–Crippen LogP) is 2.63. The van der Waals surface area contributed by atoms with E-state index in [1.807, 2.05) is 0 Å². The third-order valence-electron chi connectivity index (χ3n) is 4.37. The van der Waals surface area contributed by atoms with Gasteiger partial charge in [-0.15, -0.1) is 0 Å². The second-order valence-corrected chi connectivity index (χ2v) is 7.64. The van der Waals surface area contributed by atoms with E-state index in [-0.39, 0.29) is 12.3 Å². The zero-order valence-electron chi connectivity index (χ0n) is 12.6. The van der Waals surface area contributed by atoms with Crippen LogP contribution < -0.4 is 5.32 Å². The lowest BCUT2D eigenvalue weighted by Crippen LogP contribution is -2.15. The summed E-state index contributed by atoms with van der Waals surface area (Å²) in [5, 5.41) is 4.49. The Morgan fingerprint density at radius 3 is 3.26 bits per heavy atom. The molecule has 2 aliphatic rings. The normalized spacial score (nSPS) is 25.3. The lowest BCUT2D eigenvalue weighted by atomic mass is 10.1. The molecular formula is C14H19N4O3PS. The fourth-order valence-electron chi connectivity index (χ4n) is 3.35. The number of nitrogens with one attached hydrogen (secondary N) is 1. The fourth-order valence-corrected chi connectivity index (χ4v) is 3.85. The maximum Gasteiger partial charge on any atom is 0.232 e. The number of rotatable bonds is 4. The van der Waals surface area contributed by atoms with Crippen LogP contribution in [0.25, 0.3) is 11.0 Å². The van der Waals surface area contributed by atoms with Crippen LogP contribution in [0.1, 0.15) is 31.1 Å². The lowest BCUT2D eigenvalue weighted by molar-refractivity contribution is -0.0148. The minimum Gasteiger partial charge on any atom is -0.369 e. The Kier molecular flexibility index (Phi) is 4.43. The highest BCUT2D eigenvalue weighted by Gasteiger charge is 2.30. The quantitative estimate of drug-likeness (QED) is 0.578. The molecular weight excluding hydrogens is 335 g/mol. The molecule has 0 spiro atoms. The molecule has 4 heterocycles. The molecule has 2 N–H and O–H groups in total. The Hall–Kier alpha value is -0.920. The van der Waals surface area contributed by atoms with E-state index in [9.17, 15) is 0 Å². The van der Waals surface area contributed by atoms with Gasteiger partial charge in [0.2, 0.25) is 7.58 Å². The second kappa shape index (κ2) is 6.53. The molecule has 0 aliphatic carbocycles. The van der Waals surface area contributed by atoms with Crippen LogP contribution in [0.5, 0.6) is 0 Å². The van der Waals surface area contributed by atoms with E-state index < -0.39 is 7.58 Å². The van der Waals surface area contributed by atoms with Gasteiger partial charge in [-0.25, -0.2) is 9.97 Å². The summed E-state index contributed by atoms with van der Waals surface area (Å²) in [7, 11) is -1.63. The van der Waals surface area contributed by atoms with Gasteiger partial charge in [-0.3, -0.25) is 0 Å². The van der Waals surface area contributed by atoms with Crippen LogP contribution in [0, 0.1) is 0 Å². The highest BCUT2D eigenvalue weighted by atomic mass is 32.7. The fraction of sp³-hybridized carbons (Fsp3) is 0.571. The van der Waals surface area contributed by atoms with Crippen molar-refractivity contribution in [3.63, 3.8) is 0 Å². The maximum absolute atomic E-state index is 9.16. The van der Waals surface area contributed by atoms with Gasteiger partial charge in [-0.05, 0) is 31.2 Å². The van der Waals surface area contributed by atoms with Crippen LogP contribution in [0.4, 0.5) is 5.82 Å². The van der Waals surface area contributed by atoms with Gasteiger partial charge in [0.25, 0.3) is 0 Å². The summed E-state index contributed by atoms with van der Waals surface area (Å²) in [6.45, 7) is 1.31. The van der Waals surface area contributed by atoms with E-state index in [1.165, 1.54) is 5.56 Å². The monoisotopic (exact) mass is 354 g/mol. The molecule has 4 rings (SSSR count). The third-order valence-corrected chi connectivity index (χ3v) is 5.10. The molecule has 124 valence electrons. The molecule has 0 radical (unpaired) electrons. The van der Waals surface area contributed by atoms with Gasteiger partial charge < -0.3 is 24.0 Å². The molecule has 2 aliphatic heterocycles. The van der Waals surface area contributed by atoms with Gasteiger partial charge in [0.15, 0.2) is 0 Å². The first-order valence-electron chi connectivity index (χ1n) is 7.77. The van der Waals surface area contributed by atoms with Crippen LogP contribution >= 0.6 is 19.8 Å². The number of hydrogen-bond acceptors (Lipinski definition) is 7. The van der Waals surface area contributed by atoms with E-state index in [4.69, 9.17) is 14.2 Å². The van der Waals surface area contributed by atoms with Crippen molar-refractivity contribution in [2.75, 3.05) is 18.5 Å². The summed E-state index contributed by atoms with van der Waals surface area (Å²) in [5.74, 6) is 0.917. The van der Waals surface area contributed by atoms with E-state index in [0.717, 1.165) is 49.1 Å². The highest BCUT2D eigenvalue weighted by Crippen LogP contribution is 2.39. The Labute approximate surface area is 140 Å². The van der Waals surface area contributed by atoms with Crippen LogP contribution in [0.15, 0.2) is 12.5 Å². The van der Waals surface area contributed by atoms with Crippen molar-refractivity contribution >= 4 is 36.7 Å². The SMILES string of the molecule is OP(S)OCC1CCC(n2cc3c4c(ncnc42)NCCC3)O1. The number of thiol groups is 1. The molecule has 0 saturated carbocycles. The van der Waals surface area contributed by atoms with E-state index in [0.29, 0.717) is 6.61 Å². The molecule has 1 fully saturated rings. The number of nitrogens with zero attached hydrogens (tertiary/aromatic N) is 3. The summed E-state index contributed by atoms with van der Waals surface area (Å²) < 4.78 is 13.4. The third kappa shape index (κ3) is 3.06.